The minimum absolute atomic E-state index is 0. The molecule has 3 nitrogen and oxygen atoms in total. The molecule has 0 saturated heterocycles. The molecule has 0 saturated carbocycles. The molecule has 0 fully saturated rings. The summed E-state index contributed by atoms with van der Waals surface area (Å²) < 4.78 is 128. The Morgan fingerprint density at radius 2 is 1.28 bits per heavy atom. The standard InChI is InChI=1S/C4HF9O3S.HI/c5-1(3(8,9)10)2(6,7)4(11,12)17(14,15)16-13;/h1H;1H. The fraction of sp³-hybridized carbons (Fsp3) is 1.00. The zero-order chi connectivity index (χ0) is 14.3. The molecule has 0 heterocycles. The van der Waals surface area contributed by atoms with Crippen LogP contribution in [-0.2, 0) is 14.5 Å². The van der Waals surface area contributed by atoms with Gasteiger partial charge in [0.05, 0.1) is 0 Å². The maximum atomic E-state index is 12.3. The Morgan fingerprint density at radius 1 is 0.944 bits per heavy atom. The fourth-order valence-electron chi connectivity index (χ4n) is 0.559. The molecule has 0 spiro atoms. The zero-order valence-electron chi connectivity index (χ0n) is 7.52. The van der Waals surface area contributed by atoms with Gasteiger partial charge in [0.1, 0.15) is 0 Å². The summed E-state index contributed by atoms with van der Waals surface area (Å²) in [4.78, 5) is 0. The Bertz CT molecular complexity index is 376. The predicted octanol–water partition coefficient (Wildman–Crippen LogP) is 2.96. The summed E-state index contributed by atoms with van der Waals surface area (Å²) in [5, 5.41) is -6.73. The van der Waals surface area contributed by atoms with Gasteiger partial charge < -0.3 is 0 Å². The van der Waals surface area contributed by atoms with Crippen LogP contribution in [0, 0.1) is 0 Å². The average Bonchev–Trinajstić information content (AvgIpc) is 2.14. The lowest BCUT2D eigenvalue weighted by Crippen LogP contribution is -2.57. The van der Waals surface area contributed by atoms with Crippen LogP contribution >= 0.6 is 24.0 Å². The highest BCUT2D eigenvalue weighted by molar-refractivity contribution is 14.0. The molecule has 0 aliphatic heterocycles. The number of hydrogen-bond acceptors (Lipinski definition) is 3. The highest BCUT2D eigenvalue weighted by atomic mass is 127. The molecule has 0 aliphatic carbocycles. The summed E-state index contributed by atoms with van der Waals surface area (Å²) in [6.45, 7) is 0. The maximum Gasteiger partial charge on any atom is 0.437 e. The molecule has 1 atom stereocenters. The Labute approximate surface area is 110 Å². The molecular weight excluding hydrogens is 426 g/mol. The van der Waals surface area contributed by atoms with E-state index in [1.807, 2.05) is 0 Å². The van der Waals surface area contributed by atoms with Gasteiger partial charge in [-0.15, -0.1) is 24.0 Å². The molecule has 0 aliphatic rings. The third-order valence-electron chi connectivity index (χ3n) is 1.39. The van der Waals surface area contributed by atoms with Crippen LogP contribution in [-0.4, -0.2) is 31.9 Å². The van der Waals surface area contributed by atoms with Gasteiger partial charge in [-0.3, -0.25) is 0 Å². The molecule has 0 rings (SSSR count). The predicted molar refractivity (Wildman–Crippen MR) is 47.4 cm³/mol. The van der Waals surface area contributed by atoms with Crippen LogP contribution in [0.3, 0.4) is 0 Å². The first kappa shape index (κ1) is 20.3. The van der Waals surface area contributed by atoms with Gasteiger partial charge in [-0.05, 0) is 4.53 Å². The van der Waals surface area contributed by atoms with E-state index >= 15 is 0 Å². The highest BCUT2D eigenvalue weighted by Crippen LogP contribution is 2.47. The lowest BCUT2D eigenvalue weighted by atomic mass is 10.2. The highest BCUT2D eigenvalue weighted by Gasteiger charge is 2.76. The smallest absolute Gasteiger partial charge is 0.230 e. The molecule has 0 aromatic rings. The SMILES string of the molecule is I.O=S(=O)(OF)C(F)(F)C(F)(F)C(F)C(F)(F)F. The lowest BCUT2D eigenvalue weighted by Gasteiger charge is -2.27. The van der Waals surface area contributed by atoms with Crippen molar-refractivity contribution in [2.24, 2.45) is 0 Å². The van der Waals surface area contributed by atoms with Crippen molar-refractivity contribution in [3.8, 4) is 0 Å². The molecule has 1 unspecified atom stereocenters. The van der Waals surface area contributed by atoms with E-state index in [1.165, 1.54) is 4.39 Å². The second-order valence-corrected chi connectivity index (χ2v) is 4.11. The molecule has 0 amide bonds. The number of hydrogen-bond donors (Lipinski definition) is 0. The molecule has 14 heteroatoms. The van der Waals surface area contributed by atoms with E-state index in [-0.39, 0.29) is 24.0 Å². The van der Waals surface area contributed by atoms with E-state index in [9.17, 15) is 48.1 Å². The normalized spacial score (nSPS) is 16.1. The van der Waals surface area contributed by atoms with Gasteiger partial charge in [0.2, 0.25) is 0 Å². The van der Waals surface area contributed by atoms with Crippen molar-refractivity contribution >= 4 is 34.1 Å². The van der Waals surface area contributed by atoms with Crippen LogP contribution in [0.15, 0.2) is 0 Å². The summed E-state index contributed by atoms with van der Waals surface area (Å²) >= 11 is 0. The second kappa shape index (κ2) is 5.56. The molecule has 0 radical (unpaired) electrons. The first-order valence-corrected chi connectivity index (χ1v) is 4.64. The molecule has 0 aromatic carbocycles. The topological polar surface area (TPSA) is 43.4 Å². The quantitative estimate of drug-likeness (QED) is 0.511. The summed E-state index contributed by atoms with van der Waals surface area (Å²) in [6, 6.07) is 0. The van der Waals surface area contributed by atoms with Gasteiger partial charge in [0.25, 0.3) is 6.17 Å². The minimum Gasteiger partial charge on any atom is -0.230 e. The molecule has 112 valence electrons. The van der Waals surface area contributed by atoms with Crippen LogP contribution in [0.25, 0.3) is 0 Å². The second-order valence-electron chi connectivity index (χ2n) is 2.56. The van der Waals surface area contributed by atoms with Crippen LogP contribution in [0.4, 0.5) is 39.6 Å². The Morgan fingerprint density at radius 3 is 1.50 bits per heavy atom. The van der Waals surface area contributed by atoms with E-state index < -0.39 is 33.6 Å². The van der Waals surface area contributed by atoms with Gasteiger partial charge in [-0.2, -0.15) is 39.2 Å². The van der Waals surface area contributed by atoms with Gasteiger partial charge in [-0.1, -0.05) is 4.39 Å². The fourth-order valence-corrected chi connectivity index (χ4v) is 1.08. The Balaban J connectivity index is 0. The third kappa shape index (κ3) is 3.31. The Kier molecular flexibility index (Phi) is 6.28. The molecular formula is C4H2F9IO3S. The Hall–Kier alpha value is 0.01000. The molecule has 0 aromatic heterocycles. The van der Waals surface area contributed by atoms with Gasteiger partial charge >= 0.3 is 27.5 Å². The number of rotatable bonds is 4. The first-order chi connectivity index (χ1) is 7.22. The minimum atomic E-state index is -7.05. The molecule has 0 N–H and O–H groups in total. The van der Waals surface area contributed by atoms with E-state index in [0.717, 1.165) is 0 Å². The van der Waals surface area contributed by atoms with Crippen LogP contribution in [0.1, 0.15) is 0 Å². The number of alkyl halides is 8. The van der Waals surface area contributed by atoms with E-state index in [0.29, 0.717) is 0 Å². The van der Waals surface area contributed by atoms with Crippen molar-refractivity contribution in [1.82, 2.24) is 0 Å². The zero-order valence-corrected chi connectivity index (χ0v) is 10.7. The van der Waals surface area contributed by atoms with E-state index in [2.05, 4.69) is 0 Å². The van der Waals surface area contributed by atoms with Gasteiger partial charge in [-0.25, -0.2) is 4.39 Å². The lowest BCUT2D eigenvalue weighted by molar-refractivity contribution is -0.286. The van der Waals surface area contributed by atoms with Crippen molar-refractivity contribution in [2.45, 2.75) is 23.5 Å². The summed E-state index contributed by atoms with van der Waals surface area (Å²) in [5.41, 5.74) is 0. The largest absolute Gasteiger partial charge is 0.437 e. The number of halogens is 10. The first-order valence-electron chi connectivity index (χ1n) is 3.23. The van der Waals surface area contributed by atoms with Crippen LogP contribution < -0.4 is 0 Å². The van der Waals surface area contributed by atoms with E-state index in [1.54, 1.807) is 0 Å². The maximum absolute atomic E-state index is 12.3. The molecule has 18 heavy (non-hydrogen) atoms. The van der Waals surface area contributed by atoms with Crippen LogP contribution in [0.5, 0.6) is 0 Å². The average molecular weight is 428 g/mol. The van der Waals surface area contributed by atoms with Gasteiger partial charge in [0, 0.05) is 0 Å². The van der Waals surface area contributed by atoms with Crippen molar-refractivity contribution in [1.29, 1.82) is 0 Å². The van der Waals surface area contributed by atoms with E-state index in [4.69, 9.17) is 0 Å². The van der Waals surface area contributed by atoms with Gasteiger partial charge in [0.15, 0.2) is 0 Å². The molecule has 0 bridgehead atoms. The summed E-state index contributed by atoms with van der Waals surface area (Å²) in [6.07, 6.45) is -12.0. The van der Waals surface area contributed by atoms with Crippen molar-refractivity contribution in [2.75, 3.05) is 0 Å². The van der Waals surface area contributed by atoms with Crippen molar-refractivity contribution in [3.63, 3.8) is 0 Å². The van der Waals surface area contributed by atoms with Crippen LogP contribution in [0.2, 0.25) is 0 Å². The van der Waals surface area contributed by atoms with Crippen molar-refractivity contribution < 1.29 is 52.5 Å². The monoisotopic (exact) mass is 428 g/mol. The third-order valence-corrected chi connectivity index (χ3v) is 2.46. The van der Waals surface area contributed by atoms with Crippen molar-refractivity contribution in [3.05, 3.63) is 0 Å². The summed E-state index contributed by atoms with van der Waals surface area (Å²) in [5.74, 6) is -6.75. The summed E-state index contributed by atoms with van der Waals surface area (Å²) in [7, 11) is -7.05.